The van der Waals surface area contributed by atoms with Crippen molar-refractivity contribution in [2.75, 3.05) is 13.2 Å². The van der Waals surface area contributed by atoms with Gasteiger partial charge in [-0.25, -0.2) is 0 Å². The molecule has 0 aliphatic carbocycles. The van der Waals surface area contributed by atoms with Crippen LogP contribution < -0.4 is 4.80 Å². The number of ether oxygens (including phenoxy) is 1. The molecule has 140 valence electrons. The molecule has 2 aromatic carbocycles. The molecular formula is C18H16ClN3O4S. The molecule has 3 aromatic rings. The third-order valence-electron chi connectivity index (χ3n) is 3.81. The third kappa shape index (κ3) is 4.41. The molecule has 1 heterocycles. The molecule has 1 amide bonds. The summed E-state index contributed by atoms with van der Waals surface area (Å²) < 4.78 is 8.21. The van der Waals surface area contributed by atoms with Gasteiger partial charge in [-0.3, -0.25) is 14.9 Å². The lowest BCUT2D eigenvalue weighted by atomic mass is 10.2. The van der Waals surface area contributed by atoms with E-state index in [1.54, 1.807) is 6.07 Å². The molecule has 1 aromatic heterocycles. The number of thiazole rings is 1. The van der Waals surface area contributed by atoms with Gasteiger partial charge >= 0.3 is 0 Å². The second-order valence-electron chi connectivity index (χ2n) is 5.57. The van der Waals surface area contributed by atoms with Gasteiger partial charge in [0.1, 0.15) is 0 Å². The van der Waals surface area contributed by atoms with E-state index in [4.69, 9.17) is 16.3 Å². The topological polar surface area (TPSA) is 86.7 Å². The van der Waals surface area contributed by atoms with Crippen molar-refractivity contribution < 1.29 is 14.5 Å². The van der Waals surface area contributed by atoms with Crippen LogP contribution in [-0.4, -0.2) is 28.6 Å². The van der Waals surface area contributed by atoms with Crippen LogP contribution in [0.4, 0.5) is 5.69 Å². The average Bonchev–Trinajstić information content (AvgIpc) is 2.98. The van der Waals surface area contributed by atoms with Crippen LogP contribution >= 0.6 is 22.9 Å². The standard InChI is InChI=1S/C18H16ClN3O4S/c1-2-26-9-8-21-15-7-6-13(19)11-16(15)27-18(21)20-17(23)12-4-3-5-14(10-12)22(24)25/h3-7,10-11H,2,8-9H2,1H3. The van der Waals surface area contributed by atoms with Crippen LogP contribution in [0.15, 0.2) is 47.5 Å². The van der Waals surface area contributed by atoms with E-state index >= 15 is 0 Å². The highest BCUT2D eigenvalue weighted by atomic mass is 35.5. The Morgan fingerprint density at radius 1 is 1.33 bits per heavy atom. The average molecular weight is 406 g/mol. The number of carbonyl (C=O) groups excluding carboxylic acids is 1. The number of hydrogen-bond donors (Lipinski definition) is 0. The molecule has 0 radical (unpaired) electrons. The number of halogens is 1. The van der Waals surface area contributed by atoms with Gasteiger partial charge < -0.3 is 9.30 Å². The molecule has 0 bridgehead atoms. The van der Waals surface area contributed by atoms with Crippen molar-refractivity contribution in [2.24, 2.45) is 4.99 Å². The second kappa shape index (κ2) is 8.43. The van der Waals surface area contributed by atoms with Crippen LogP contribution in [0, 0.1) is 10.1 Å². The van der Waals surface area contributed by atoms with Gasteiger partial charge in [-0.15, -0.1) is 0 Å². The lowest BCUT2D eigenvalue weighted by molar-refractivity contribution is -0.384. The summed E-state index contributed by atoms with van der Waals surface area (Å²) in [7, 11) is 0. The predicted molar refractivity (Wildman–Crippen MR) is 104 cm³/mol. The molecule has 0 fully saturated rings. The van der Waals surface area contributed by atoms with Crippen LogP contribution in [0.1, 0.15) is 17.3 Å². The fourth-order valence-corrected chi connectivity index (χ4v) is 3.88. The van der Waals surface area contributed by atoms with Gasteiger partial charge in [0.15, 0.2) is 4.80 Å². The summed E-state index contributed by atoms with van der Waals surface area (Å²) >= 11 is 7.40. The minimum absolute atomic E-state index is 0.150. The highest BCUT2D eigenvalue weighted by Gasteiger charge is 2.13. The van der Waals surface area contributed by atoms with Gasteiger partial charge in [-0.1, -0.05) is 29.0 Å². The van der Waals surface area contributed by atoms with Gasteiger partial charge in [-0.2, -0.15) is 4.99 Å². The number of hydrogen-bond acceptors (Lipinski definition) is 5. The molecule has 0 saturated heterocycles. The number of nitrogens with zero attached hydrogens (tertiary/aromatic N) is 3. The Hall–Kier alpha value is -2.55. The van der Waals surface area contributed by atoms with Crippen LogP contribution in [-0.2, 0) is 11.3 Å². The van der Waals surface area contributed by atoms with Crippen molar-refractivity contribution in [3.63, 3.8) is 0 Å². The second-order valence-corrected chi connectivity index (χ2v) is 7.02. The van der Waals surface area contributed by atoms with E-state index in [2.05, 4.69) is 4.99 Å². The zero-order valence-electron chi connectivity index (χ0n) is 14.4. The van der Waals surface area contributed by atoms with E-state index in [1.807, 2.05) is 23.6 Å². The van der Waals surface area contributed by atoms with E-state index in [1.165, 1.54) is 35.6 Å². The van der Waals surface area contributed by atoms with E-state index in [0.717, 1.165) is 10.2 Å². The lowest BCUT2D eigenvalue weighted by Gasteiger charge is -2.05. The number of non-ortho nitro benzene ring substituents is 1. The molecule has 0 aliphatic heterocycles. The predicted octanol–water partition coefficient (Wildman–Crippen LogP) is 4.04. The summed E-state index contributed by atoms with van der Waals surface area (Å²) in [6.45, 7) is 3.50. The smallest absolute Gasteiger partial charge is 0.279 e. The molecule has 9 heteroatoms. The number of carbonyl (C=O) groups is 1. The summed E-state index contributed by atoms with van der Waals surface area (Å²) in [6, 6.07) is 11.0. The number of aromatic nitrogens is 1. The van der Waals surface area contributed by atoms with Crippen molar-refractivity contribution in [2.45, 2.75) is 13.5 Å². The highest BCUT2D eigenvalue weighted by Crippen LogP contribution is 2.22. The van der Waals surface area contributed by atoms with Gasteiger partial charge in [0.25, 0.3) is 11.6 Å². The van der Waals surface area contributed by atoms with Gasteiger partial charge in [-0.05, 0) is 31.2 Å². The van der Waals surface area contributed by atoms with Crippen molar-refractivity contribution >= 4 is 44.7 Å². The van der Waals surface area contributed by atoms with E-state index in [9.17, 15) is 14.9 Å². The number of nitro benzene ring substituents is 1. The monoisotopic (exact) mass is 405 g/mol. The Morgan fingerprint density at radius 2 is 2.15 bits per heavy atom. The Kier molecular flexibility index (Phi) is 6.00. The number of amides is 1. The van der Waals surface area contributed by atoms with Crippen LogP contribution in [0.3, 0.4) is 0 Å². The quantitative estimate of drug-likeness (QED) is 0.352. The van der Waals surface area contributed by atoms with E-state index in [0.29, 0.717) is 29.6 Å². The normalized spacial score (nSPS) is 11.9. The Balaban J connectivity index is 2.05. The Bertz CT molecular complexity index is 1070. The van der Waals surface area contributed by atoms with Crippen LogP contribution in [0.5, 0.6) is 0 Å². The molecule has 7 nitrogen and oxygen atoms in total. The Labute approximate surface area is 163 Å². The minimum atomic E-state index is -0.541. The zero-order chi connectivity index (χ0) is 19.4. The van der Waals surface area contributed by atoms with Crippen molar-refractivity contribution in [1.82, 2.24) is 4.57 Å². The van der Waals surface area contributed by atoms with E-state index < -0.39 is 10.8 Å². The largest absolute Gasteiger partial charge is 0.380 e. The SMILES string of the molecule is CCOCCn1c(=NC(=O)c2cccc([N+](=O)[O-])c2)sc2cc(Cl)ccc21. The first-order valence-electron chi connectivity index (χ1n) is 8.19. The zero-order valence-corrected chi connectivity index (χ0v) is 16.0. The molecule has 3 rings (SSSR count). The van der Waals surface area contributed by atoms with Crippen molar-refractivity contribution in [3.8, 4) is 0 Å². The molecule has 0 N–H and O–H groups in total. The van der Waals surface area contributed by atoms with Crippen LogP contribution in [0.25, 0.3) is 10.2 Å². The first kappa shape index (κ1) is 19.2. The van der Waals surface area contributed by atoms with Crippen molar-refractivity contribution in [1.29, 1.82) is 0 Å². The fourth-order valence-electron chi connectivity index (χ4n) is 2.55. The Morgan fingerprint density at radius 3 is 2.89 bits per heavy atom. The van der Waals surface area contributed by atoms with Crippen molar-refractivity contribution in [3.05, 3.63) is 68.0 Å². The summed E-state index contributed by atoms with van der Waals surface area (Å²) in [5, 5.41) is 11.5. The molecule has 0 saturated carbocycles. The maximum Gasteiger partial charge on any atom is 0.279 e. The summed E-state index contributed by atoms with van der Waals surface area (Å²) in [6.07, 6.45) is 0. The molecular weight excluding hydrogens is 390 g/mol. The molecule has 0 spiro atoms. The summed E-state index contributed by atoms with van der Waals surface area (Å²) in [4.78, 5) is 27.6. The maximum absolute atomic E-state index is 12.6. The minimum Gasteiger partial charge on any atom is -0.380 e. The number of benzene rings is 2. The number of rotatable bonds is 6. The molecule has 0 atom stereocenters. The highest BCUT2D eigenvalue weighted by molar-refractivity contribution is 7.16. The fraction of sp³-hybridized carbons (Fsp3) is 0.222. The third-order valence-corrected chi connectivity index (χ3v) is 5.09. The van der Waals surface area contributed by atoms with E-state index in [-0.39, 0.29) is 11.3 Å². The maximum atomic E-state index is 12.6. The lowest BCUT2D eigenvalue weighted by Crippen LogP contribution is -2.19. The molecule has 0 unspecified atom stereocenters. The van der Waals surface area contributed by atoms with Gasteiger partial charge in [0, 0.05) is 35.9 Å². The first-order chi connectivity index (χ1) is 13.0. The number of nitro groups is 1. The molecule has 27 heavy (non-hydrogen) atoms. The number of fused-ring (bicyclic) bond motifs is 1. The summed E-state index contributed by atoms with van der Waals surface area (Å²) in [5.74, 6) is -0.540. The first-order valence-corrected chi connectivity index (χ1v) is 9.39. The molecule has 0 aliphatic rings. The summed E-state index contributed by atoms with van der Waals surface area (Å²) in [5.41, 5.74) is 0.911. The van der Waals surface area contributed by atoms with Gasteiger partial charge in [0.2, 0.25) is 0 Å². The van der Waals surface area contributed by atoms with Crippen LogP contribution in [0.2, 0.25) is 5.02 Å². The van der Waals surface area contributed by atoms with Gasteiger partial charge in [0.05, 0.1) is 21.7 Å².